The van der Waals surface area contributed by atoms with Gasteiger partial charge in [0.1, 0.15) is 0 Å². The first-order valence-corrected chi connectivity index (χ1v) is 10.2. The van der Waals surface area contributed by atoms with Crippen LogP contribution in [0, 0.1) is 11.8 Å². The second-order valence-electron chi connectivity index (χ2n) is 5.88. The minimum Gasteiger partial charge on any atom is -0.550 e. The van der Waals surface area contributed by atoms with Gasteiger partial charge in [-0.3, -0.25) is 4.79 Å². The van der Waals surface area contributed by atoms with Crippen LogP contribution in [-0.2, 0) is 19.4 Å². The molecule has 0 unspecified atom stereocenters. The third kappa shape index (κ3) is 3.72. The fourth-order valence-electron chi connectivity index (χ4n) is 2.75. The maximum Gasteiger partial charge on any atom is 0.230 e. The lowest BCUT2D eigenvalue weighted by Gasteiger charge is -2.27. The molecule has 1 heterocycles. The largest absolute Gasteiger partial charge is 0.550 e. The molecule has 3 rings (SSSR count). The van der Waals surface area contributed by atoms with Crippen LogP contribution in [-0.4, -0.2) is 31.5 Å². The van der Waals surface area contributed by atoms with E-state index in [9.17, 15) is 23.1 Å². The highest BCUT2D eigenvalue weighted by Crippen LogP contribution is 2.30. The molecule has 1 aromatic heterocycles. The van der Waals surface area contributed by atoms with Crippen molar-refractivity contribution in [2.45, 2.75) is 17.7 Å². The Kier molecular flexibility index (Phi) is 4.61. The van der Waals surface area contributed by atoms with Crippen LogP contribution in [0.25, 0.3) is 10.2 Å². The van der Waals surface area contributed by atoms with Crippen LogP contribution < -0.4 is 10.4 Å². The average Bonchev–Trinajstić information content (AvgIpc) is 2.95. The predicted octanol–water partition coefficient (Wildman–Crippen LogP) is 0.971. The van der Waals surface area contributed by atoms with E-state index in [4.69, 9.17) is 0 Å². The van der Waals surface area contributed by atoms with Crippen LogP contribution in [0.4, 0.5) is 5.13 Å². The van der Waals surface area contributed by atoms with Gasteiger partial charge in [-0.05, 0) is 31.0 Å². The normalized spacial score (nSPS) is 20.5. The van der Waals surface area contributed by atoms with E-state index in [-0.39, 0.29) is 11.3 Å². The van der Waals surface area contributed by atoms with Gasteiger partial charge in [0.15, 0.2) is 15.0 Å². The number of carboxylic acid groups (broad SMARTS) is 1. The van der Waals surface area contributed by atoms with Crippen LogP contribution >= 0.6 is 11.3 Å². The van der Waals surface area contributed by atoms with Gasteiger partial charge in [0, 0.05) is 18.1 Å². The van der Waals surface area contributed by atoms with E-state index < -0.39 is 33.5 Å². The first kappa shape index (κ1) is 17.6. The molecule has 0 fully saturated rings. The summed E-state index contributed by atoms with van der Waals surface area (Å²) in [6, 6.07) is 4.54. The van der Waals surface area contributed by atoms with Crippen molar-refractivity contribution in [1.82, 2.24) is 4.98 Å². The quantitative estimate of drug-likeness (QED) is 0.791. The average molecular weight is 379 g/mol. The Labute approximate surface area is 148 Å². The Morgan fingerprint density at radius 2 is 1.92 bits per heavy atom. The number of carbonyl (C=O) groups is 2. The minimum atomic E-state index is -3.33. The van der Waals surface area contributed by atoms with Crippen molar-refractivity contribution in [2.75, 3.05) is 11.6 Å². The number of benzene rings is 1. The first-order chi connectivity index (χ1) is 11.8. The second-order valence-corrected chi connectivity index (χ2v) is 8.93. The Morgan fingerprint density at radius 3 is 2.56 bits per heavy atom. The van der Waals surface area contributed by atoms with Crippen LogP contribution in [0.5, 0.6) is 0 Å². The zero-order chi connectivity index (χ0) is 18.2. The highest BCUT2D eigenvalue weighted by Gasteiger charge is 2.30. The molecule has 0 radical (unpaired) electrons. The molecule has 2 aromatic rings. The molecule has 1 aliphatic carbocycles. The predicted molar refractivity (Wildman–Crippen MR) is 91.7 cm³/mol. The number of aromatic nitrogens is 1. The first-order valence-electron chi connectivity index (χ1n) is 7.53. The number of carboxylic acids is 1. The molecule has 0 aliphatic heterocycles. The van der Waals surface area contributed by atoms with Gasteiger partial charge >= 0.3 is 0 Å². The Bertz CT molecular complexity index is 978. The highest BCUT2D eigenvalue weighted by molar-refractivity contribution is 7.90. The van der Waals surface area contributed by atoms with Gasteiger partial charge in [-0.15, -0.1) is 0 Å². The highest BCUT2D eigenvalue weighted by atomic mass is 32.2. The maximum atomic E-state index is 12.4. The van der Waals surface area contributed by atoms with Crippen molar-refractivity contribution in [3.8, 4) is 0 Å². The number of rotatable bonds is 4. The second kappa shape index (κ2) is 6.57. The fourth-order valence-corrected chi connectivity index (χ4v) is 4.38. The van der Waals surface area contributed by atoms with Gasteiger partial charge in [-0.1, -0.05) is 23.5 Å². The molecule has 1 N–H and O–H groups in total. The molecule has 25 heavy (non-hydrogen) atoms. The number of hydrogen-bond acceptors (Lipinski definition) is 7. The molecule has 1 aliphatic rings. The molecule has 0 saturated heterocycles. The summed E-state index contributed by atoms with van der Waals surface area (Å²) >= 11 is 1.14. The molecular weight excluding hydrogens is 364 g/mol. The smallest absolute Gasteiger partial charge is 0.230 e. The number of thiazole rings is 1. The van der Waals surface area contributed by atoms with E-state index in [1.54, 1.807) is 18.2 Å². The Hall–Kier alpha value is -2.26. The van der Waals surface area contributed by atoms with Gasteiger partial charge in [0.2, 0.25) is 5.91 Å². The summed E-state index contributed by atoms with van der Waals surface area (Å²) < 4.78 is 23.9. The number of amides is 1. The van der Waals surface area contributed by atoms with Gasteiger partial charge in [0.25, 0.3) is 0 Å². The third-order valence-corrected chi connectivity index (χ3v) is 6.13. The van der Waals surface area contributed by atoms with Gasteiger partial charge in [-0.2, -0.15) is 0 Å². The number of hydrogen-bond donors (Lipinski definition) is 1. The zero-order valence-corrected chi connectivity index (χ0v) is 14.9. The topological polar surface area (TPSA) is 116 Å². The Balaban J connectivity index is 1.84. The number of fused-ring (bicyclic) bond motifs is 1. The Morgan fingerprint density at radius 1 is 1.24 bits per heavy atom. The maximum absolute atomic E-state index is 12.4. The molecule has 9 heteroatoms. The lowest BCUT2D eigenvalue weighted by atomic mass is 9.82. The number of carbonyl (C=O) groups excluding carboxylic acids is 2. The lowest BCUT2D eigenvalue weighted by molar-refractivity contribution is -0.313. The van der Waals surface area contributed by atoms with E-state index in [2.05, 4.69) is 10.3 Å². The number of aliphatic carboxylic acids is 1. The SMILES string of the molecule is CS(=O)(=O)c1ccc2nc(NC(=O)[C@@H]3CC=CC[C@@H]3C(=O)[O-])sc2c1. The number of nitrogens with one attached hydrogen (secondary N) is 1. The number of anilines is 1. The van der Waals surface area contributed by atoms with Gasteiger partial charge in [-0.25, -0.2) is 13.4 Å². The van der Waals surface area contributed by atoms with Crippen LogP contribution in [0.2, 0.25) is 0 Å². The summed E-state index contributed by atoms with van der Waals surface area (Å²) in [6.07, 6.45) is 5.22. The molecule has 0 saturated carbocycles. The van der Waals surface area contributed by atoms with Crippen molar-refractivity contribution in [3.63, 3.8) is 0 Å². The third-order valence-electron chi connectivity index (χ3n) is 4.09. The molecule has 0 spiro atoms. The van der Waals surface area contributed by atoms with E-state index in [0.29, 0.717) is 21.8 Å². The van der Waals surface area contributed by atoms with Crippen molar-refractivity contribution < 1.29 is 23.1 Å². The molecule has 7 nitrogen and oxygen atoms in total. The molecular formula is C16H15N2O5S2-. The van der Waals surface area contributed by atoms with Crippen molar-refractivity contribution in [1.29, 1.82) is 0 Å². The molecule has 1 aromatic carbocycles. The zero-order valence-electron chi connectivity index (χ0n) is 13.3. The summed E-state index contributed by atoms with van der Waals surface area (Å²) in [5.41, 5.74) is 0.563. The van der Waals surface area contributed by atoms with Crippen LogP contribution in [0.15, 0.2) is 35.2 Å². The molecule has 2 atom stereocenters. The lowest BCUT2D eigenvalue weighted by Crippen LogP contribution is -2.41. The van der Waals surface area contributed by atoms with E-state index >= 15 is 0 Å². The summed E-state index contributed by atoms with van der Waals surface area (Å²) in [6.45, 7) is 0. The number of allylic oxidation sites excluding steroid dienone is 2. The van der Waals surface area contributed by atoms with Crippen molar-refractivity contribution in [2.24, 2.45) is 11.8 Å². The minimum absolute atomic E-state index is 0.177. The van der Waals surface area contributed by atoms with Gasteiger partial charge in [0.05, 0.1) is 21.0 Å². The summed E-state index contributed by atoms with van der Waals surface area (Å²) in [4.78, 5) is 28.0. The van der Waals surface area contributed by atoms with Gasteiger partial charge < -0.3 is 15.2 Å². The summed E-state index contributed by atoms with van der Waals surface area (Å²) in [5.74, 6) is -3.25. The van der Waals surface area contributed by atoms with E-state index in [0.717, 1.165) is 17.6 Å². The molecule has 0 bridgehead atoms. The standard InChI is InChI=1S/C16H16N2O5S2/c1-25(22,23)9-6-7-12-13(8-9)24-16(17-12)18-14(19)10-4-2-3-5-11(10)15(20)21/h2-3,6-8,10-11H,4-5H2,1H3,(H,20,21)(H,17,18,19)/p-1/t10-,11+/m1/s1. The van der Waals surface area contributed by atoms with Crippen molar-refractivity contribution >= 4 is 48.4 Å². The number of nitrogens with zero attached hydrogens (tertiary/aromatic N) is 1. The number of sulfone groups is 1. The molecule has 1 amide bonds. The summed E-state index contributed by atoms with van der Waals surface area (Å²) in [7, 11) is -3.33. The monoisotopic (exact) mass is 379 g/mol. The van der Waals surface area contributed by atoms with Crippen LogP contribution in [0.1, 0.15) is 12.8 Å². The molecule has 132 valence electrons. The van der Waals surface area contributed by atoms with E-state index in [1.807, 2.05) is 0 Å². The van der Waals surface area contributed by atoms with Crippen LogP contribution in [0.3, 0.4) is 0 Å². The van der Waals surface area contributed by atoms with Crippen molar-refractivity contribution in [3.05, 3.63) is 30.4 Å². The van der Waals surface area contributed by atoms with E-state index in [1.165, 1.54) is 12.1 Å². The summed E-state index contributed by atoms with van der Waals surface area (Å²) in [5, 5.41) is 14.1. The fraction of sp³-hybridized carbons (Fsp3) is 0.312.